The molecule has 7 nitrogen and oxygen atoms in total. The van der Waals surface area contributed by atoms with Gasteiger partial charge in [0.15, 0.2) is 0 Å². The Morgan fingerprint density at radius 1 is 0.947 bits per heavy atom. The molecule has 0 aliphatic rings. The van der Waals surface area contributed by atoms with Crippen molar-refractivity contribution < 1.29 is 27.2 Å². The summed E-state index contributed by atoms with van der Waals surface area (Å²) in [4.78, 5) is 12.7. The van der Waals surface area contributed by atoms with Crippen molar-refractivity contribution >= 4 is 43.9 Å². The lowest BCUT2D eigenvalue weighted by atomic mass is 10.0. The van der Waals surface area contributed by atoms with Gasteiger partial charge in [-0.15, -0.1) is 0 Å². The third kappa shape index (κ3) is 11.1. The number of amides is 1. The Labute approximate surface area is 237 Å². The summed E-state index contributed by atoms with van der Waals surface area (Å²) in [6.45, 7) is 0.0975. The van der Waals surface area contributed by atoms with E-state index in [0.717, 1.165) is 33.3 Å². The first-order valence-electron chi connectivity index (χ1n) is 12.1. The number of hydrogen-bond acceptors (Lipinski definition) is 6. The minimum Gasteiger partial charge on any atom is -0.497 e. The summed E-state index contributed by atoms with van der Waals surface area (Å²) >= 11 is 5.08. The minimum atomic E-state index is -4.21. The zero-order chi connectivity index (χ0) is 27.4. The number of alkyl carbamates (subject to hydrolysis) is 1. The molecule has 2 N–H and O–H groups in total. The number of ether oxygens (including phenoxy) is 2. The zero-order valence-electron chi connectivity index (χ0n) is 21.1. The van der Waals surface area contributed by atoms with Crippen LogP contribution in [0.5, 0.6) is 5.75 Å². The van der Waals surface area contributed by atoms with Crippen molar-refractivity contribution in [3.63, 3.8) is 0 Å². The molecule has 0 fully saturated rings. The van der Waals surface area contributed by atoms with E-state index in [1.165, 1.54) is 0 Å². The molecule has 0 saturated heterocycles. The largest absolute Gasteiger partial charge is 0.497 e. The van der Waals surface area contributed by atoms with Crippen LogP contribution >= 0.6 is 27.7 Å². The first-order chi connectivity index (χ1) is 18.2. The van der Waals surface area contributed by atoms with E-state index in [2.05, 4.69) is 21.2 Å². The van der Waals surface area contributed by atoms with Gasteiger partial charge in [0.25, 0.3) is 10.1 Å². The summed E-state index contributed by atoms with van der Waals surface area (Å²) < 4.78 is 44.3. The van der Waals surface area contributed by atoms with E-state index >= 15 is 0 Å². The van der Waals surface area contributed by atoms with Gasteiger partial charge in [0, 0.05) is 21.5 Å². The fourth-order valence-electron chi connectivity index (χ4n) is 3.83. The van der Waals surface area contributed by atoms with Gasteiger partial charge in [0.2, 0.25) is 0 Å². The number of carbonyl (C=O) groups is 1. The summed E-state index contributed by atoms with van der Waals surface area (Å²) in [5, 5.41) is 2.73. The first kappa shape index (κ1) is 30.0. The monoisotopic (exact) mass is 621 g/mol. The van der Waals surface area contributed by atoms with Crippen LogP contribution in [-0.2, 0) is 33.6 Å². The molecule has 2 unspecified atom stereocenters. The fraction of sp³-hybridized carbons (Fsp3) is 0.321. The number of thioether (sulfide) groups is 1. The molecule has 0 aliphatic heterocycles. The molecule has 1 amide bonds. The van der Waals surface area contributed by atoms with Crippen molar-refractivity contribution in [1.82, 2.24) is 5.32 Å². The topological polar surface area (TPSA) is 102 Å². The number of hydrogen-bond donors (Lipinski definition) is 2. The van der Waals surface area contributed by atoms with Gasteiger partial charge in [-0.2, -0.15) is 20.2 Å². The van der Waals surface area contributed by atoms with Crippen LogP contribution in [0, 0.1) is 0 Å². The lowest BCUT2D eigenvalue weighted by Gasteiger charge is -2.27. The van der Waals surface area contributed by atoms with E-state index < -0.39 is 28.0 Å². The van der Waals surface area contributed by atoms with E-state index in [4.69, 9.17) is 9.47 Å². The number of methoxy groups -OCH3 is 1. The van der Waals surface area contributed by atoms with Gasteiger partial charge in [0.05, 0.1) is 12.9 Å². The molecule has 204 valence electrons. The lowest BCUT2D eigenvalue weighted by Crippen LogP contribution is -2.43. The third-order valence-corrected chi connectivity index (χ3v) is 8.68. The Bertz CT molecular complexity index is 1240. The summed E-state index contributed by atoms with van der Waals surface area (Å²) in [7, 11) is -2.60. The highest BCUT2D eigenvalue weighted by Crippen LogP contribution is 2.28. The van der Waals surface area contributed by atoms with Crippen LogP contribution in [0.1, 0.15) is 29.5 Å². The standard InChI is InChI=1S/C28H32BrNO6S2/c1-35-25-14-9-23(10-15-25)20-37-27(16-11-21-7-12-24(29)13-8-21)26(17-18-38(32,33)34)30-28(31)36-19-22-5-3-2-4-6-22/h2-10,12-15,26-27H,11,16-20H2,1H3,(H,30,31)(H,32,33,34). The molecule has 3 rings (SSSR count). The van der Waals surface area contributed by atoms with E-state index in [0.29, 0.717) is 12.2 Å². The summed E-state index contributed by atoms with van der Waals surface area (Å²) in [5.41, 5.74) is 3.05. The quantitative estimate of drug-likeness (QED) is 0.205. The van der Waals surface area contributed by atoms with Gasteiger partial charge >= 0.3 is 6.09 Å². The second-order valence-electron chi connectivity index (χ2n) is 8.75. The predicted octanol–water partition coefficient (Wildman–Crippen LogP) is 6.27. The number of aryl methyl sites for hydroxylation is 1. The van der Waals surface area contributed by atoms with E-state index in [1.807, 2.05) is 78.9 Å². The van der Waals surface area contributed by atoms with Crippen molar-refractivity contribution in [1.29, 1.82) is 0 Å². The van der Waals surface area contributed by atoms with Gasteiger partial charge < -0.3 is 14.8 Å². The van der Waals surface area contributed by atoms with Crippen molar-refractivity contribution in [3.8, 4) is 5.75 Å². The van der Waals surface area contributed by atoms with Crippen molar-refractivity contribution in [2.75, 3.05) is 12.9 Å². The smallest absolute Gasteiger partial charge is 0.407 e. The molecule has 0 bridgehead atoms. The Balaban J connectivity index is 1.74. The van der Waals surface area contributed by atoms with E-state index in [9.17, 15) is 17.8 Å². The number of rotatable bonds is 14. The molecule has 38 heavy (non-hydrogen) atoms. The lowest BCUT2D eigenvalue weighted by molar-refractivity contribution is 0.135. The second-order valence-corrected chi connectivity index (χ2v) is 12.5. The highest BCUT2D eigenvalue weighted by Gasteiger charge is 2.26. The van der Waals surface area contributed by atoms with Crippen LogP contribution in [0.25, 0.3) is 0 Å². The van der Waals surface area contributed by atoms with Crippen LogP contribution in [-0.4, -0.2) is 43.2 Å². The molecular weight excluding hydrogens is 590 g/mol. The fourth-order valence-corrected chi connectivity index (χ4v) is 5.96. The van der Waals surface area contributed by atoms with Gasteiger partial charge in [-0.1, -0.05) is 70.5 Å². The molecule has 10 heteroatoms. The average molecular weight is 623 g/mol. The average Bonchev–Trinajstić information content (AvgIpc) is 2.91. The molecule has 3 aromatic carbocycles. The third-order valence-electron chi connectivity index (χ3n) is 5.91. The number of benzene rings is 3. The number of carbonyl (C=O) groups excluding carboxylic acids is 1. The summed E-state index contributed by atoms with van der Waals surface area (Å²) in [6.07, 6.45) is 0.835. The van der Waals surface area contributed by atoms with Crippen molar-refractivity contribution in [2.24, 2.45) is 0 Å². The minimum absolute atomic E-state index is 0.0554. The number of halogens is 1. The molecule has 0 radical (unpaired) electrons. The van der Waals surface area contributed by atoms with Gasteiger partial charge in [-0.05, 0) is 60.2 Å². The van der Waals surface area contributed by atoms with E-state index in [1.54, 1.807) is 18.9 Å². The summed E-state index contributed by atoms with van der Waals surface area (Å²) in [5.74, 6) is 0.950. The maximum atomic E-state index is 12.7. The van der Waals surface area contributed by atoms with Crippen LogP contribution in [0.3, 0.4) is 0 Å². The van der Waals surface area contributed by atoms with Crippen LogP contribution < -0.4 is 10.1 Å². The Morgan fingerprint density at radius 2 is 1.61 bits per heavy atom. The molecule has 0 aromatic heterocycles. The van der Waals surface area contributed by atoms with Crippen LogP contribution in [0.4, 0.5) is 4.79 Å². The second kappa shape index (κ2) is 15.2. The molecule has 2 atom stereocenters. The Kier molecular flexibility index (Phi) is 12.0. The first-order valence-corrected chi connectivity index (χ1v) is 15.6. The predicted molar refractivity (Wildman–Crippen MR) is 155 cm³/mol. The molecule has 0 saturated carbocycles. The maximum Gasteiger partial charge on any atom is 0.407 e. The molecule has 0 aliphatic carbocycles. The zero-order valence-corrected chi connectivity index (χ0v) is 24.3. The Morgan fingerprint density at radius 3 is 2.24 bits per heavy atom. The molecule has 0 heterocycles. The van der Waals surface area contributed by atoms with Gasteiger partial charge in [-0.3, -0.25) is 4.55 Å². The highest BCUT2D eigenvalue weighted by atomic mass is 79.9. The van der Waals surface area contributed by atoms with Crippen molar-refractivity contribution in [2.45, 2.75) is 42.9 Å². The normalized spacial score (nSPS) is 12.9. The summed E-state index contributed by atoms with van der Waals surface area (Å²) in [6, 6.07) is 24.5. The van der Waals surface area contributed by atoms with Crippen LogP contribution in [0.15, 0.2) is 83.3 Å². The van der Waals surface area contributed by atoms with Gasteiger partial charge in [0.1, 0.15) is 12.4 Å². The molecular formula is C28H32BrNO6S2. The maximum absolute atomic E-state index is 12.7. The SMILES string of the molecule is COc1ccc(CSC(CCc2ccc(Br)cc2)C(CCS(=O)(=O)O)NC(=O)OCc2ccccc2)cc1. The van der Waals surface area contributed by atoms with Gasteiger partial charge in [-0.25, -0.2) is 4.79 Å². The van der Waals surface area contributed by atoms with E-state index in [-0.39, 0.29) is 18.3 Å². The van der Waals surface area contributed by atoms with Crippen LogP contribution in [0.2, 0.25) is 0 Å². The Hall–Kier alpha value is -2.53. The molecule has 0 spiro atoms. The number of nitrogens with one attached hydrogen (secondary N) is 1. The molecule has 3 aromatic rings. The highest BCUT2D eigenvalue weighted by molar-refractivity contribution is 9.10. The van der Waals surface area contributed by atoms with Crippen molar-refractivity contribution in [3.05, 3.63) is 100 Å².